The van der Waals surface area contributed by atoms with E-state index < -0.39 is 9.04 Å². The maximum Gasteiger partial charge on any atom is 0.240 e. The molecule has 5 heteroatoms. The highest BCUT2D eigenvalue weighted by Gasteiger charge is 2.21. The summed E-state index contributed by atoms with van der Waals surface area (Å²) in [4.78, 5) is 0. The van der Waals surface area contributed by atoms with Crippen LogP contribution in [0.15, 0.2) is 95.6 Å². The van der Waals surface area contributed by atoms with E-state index in [2.05, 4.69) is 110 Å². The molecule has 0 amide bonds. The van der Waals surface area contributed by atoms with Gasteiger partial charge in [0.15, 0.2) is 0 Å². The Bertz CT molecular complexity index is 1230. The molecule has 4 rings (SSSR count). The van der Waals surface area contributed by atoms with Crippen LogP contribution in [0.2, 0.25) is 0 Å². The Morgan fingerprint density at radius 2 is 1.52 bits per heavy atom. The van der Waals surface area contributed by atoms with Gasteiger partial charge in [0.25, 0.3) is 0 Å². The number of halogens is 1. The molecule has 0 saturated carbocycles. The molecule has 0 radical (unpaired) electrons. The van der Waals surface area contributed by atoms with Gasteiger partial charge in [0.2, 0.25) is 9.04 Å². The molecule has 0 bridgehead atoms. The van der Waals surface area contributed by atoms with Crippen molar-refractivity contribution < 1.29 is 4.43 Å². The summed E-state index contributed by atoms with van der Waals surface area (Å²) in [5, 5.41) is 12.2. The van der Waals surface area contributed by atoms with Crippen LogP contribution in [0.4, 0.5) is 0 Å². The van der Waals surface area contributed by atoms with E-state index in [0.29, 0.717) is 12.3 Å². The number of benzene rings is 3. The number of aromatic nitrogens is 1. The average Bonchev–Trinajstić information content (AvgIpc) is 3.20. The molecule has 0 N–H and O–H groups in total. The van der Waals surface area contributed by atoms with Gasteiger partial charge in [-0.15, -0.1) is 0 Å². The predicted octanol–water partition coefficient (Wildman–Crippen LogP) is 5.46. The third-order valence-corrected chi connectivity index (χ3v) is 8.63. The number of rotatable bonds is 6. The van der Waals surface area contributed by atoms with Crippen LogP contribution in [-0.2, 0) is 16.4 Å². The third kappa shape index (κ3) is 5.36. The third-order valence-electron chi connectivity index (χ3n) is 5.72. The van der Waals surface area contributed by atoms with Gasteiger partial charge in [-0.25, -0.2) is 0 Å². The molecular weight excluding hydrogens is 488 g/mol. The molecule has 0 aliphatic carbocycles. The molecule has 0 spiro atoms. The summed E-state index contributed by atoms with van der Waals surface area (Å²) in [5.41, 5.74) is 3.89. The molecular formula is C28H27BrN2OSi. The monoisotopic (exact) mass is 514 g/mol. The lowest BCUT2D eigenvalue weighted by atomic mass is 9.86. The summed E-state index contributed by atoms with van der Waals surface area (Å²) in [7, 11) is -1.89. The molecule has 0 aliphatic heterocycles. The van der Waals surface area contributed by atoms with Gasteiger partial charge >= 0.3 is 0 Å². The van der Waals surface area contributed by atoms with Crippen molar-refractivity contribution in [2.24, 2.45) is 0 Å². The SMILES string of the molecule is CC(C)(C)c1ccc(-n2cc(Br)cc2C#N)c(CO[SiH](c2ccccc2)c2ccccc2)c1. The normalized spacial score (nSPS) is 11.5. The van der Waals surface area contributed by atoms with E-state index >= 15 is 0 Å². The van der Waals surface area contributed by atoms with Gasteiger partial charge in [0.05, 0.1) is 12.3 Å². The summed E-state index contributed by atoms with van der Waals surface area (Å²) in [5.74, 6) is 0. The van der Waals surface area contributed by atoms with Gasteiger partial charge in [0.1, 0.15) is 11.8 Å². The van der Waals surface area contributed by atoms with Crippen LogP contribution in [0.5, 0.6) is 0 Å². The molecule has 1 aromatic heterocycles. The average molecular weight is 516 g/mol. The number of hydrogen-bond acceptors (Lipinski definition) is 2. The molecule has 33 heavy (non-hydrogen) atoms. The fourth-order valence-corrected chi connectivity index (χ4v) is 6.61. The Morgan fingerprint density at radius 1 is 0.909 bits per heavy atom. The maximum absolute atomic E-state index is 9.67. The summed E-state index contributed by atoms with van der Waals surface area (Å²) < 4.78 is 9.56. The standard InChI is InChI=1S/C28H27BrN2OSi/c1-28(2,3)22-14-15-27(31-19-23(29)17-24(31)18-30)21(16-22)20-32-33(25-10-6-4-7-11-25)26-12-8-5-9-13-26/h4-17,19,33H,20H2,1-3H3. The summed E-state index contributed by atoms with van der Waals surface area (Å²) in [6.45, 7) is 7.11. The van der Waals surface area contributed by atoms with Gasteiger partial charge in [-0.05, 0) is 49.4 Å². The van der Waals surface area contributed by atoms with Gasteiger partial charge in [-0.3, -0.25) is 0 Å². The highest BCUT2D eigenvalue weighted by molar-refractivity contribution is 9.10. The second-order valence-corrected chi connectivity index (χ2v) is 12.5. The van der Waals surface area contributed by atoms with Crippen molar-refractivity contribution in [3.8, 4) is 11.8 Å². The van der Waals surface area contributed by atoms with E-state index in [1.54, 1.807) is 0 Å². The molecule has 3 nitrogen and oxygen atoms in total. The molecule has 3 aromatic carbocycles. The smallest absolute Gasteiger partial charge is 0.240 e. The minimum absolute atomic E-state index is 0.0122. The molecule has 166 valence electrons. The van der Waals surface area contributed by atoms with Crippen LogP contribution < -0.4 is 10.4 Å². The molecule has 0 atom stereocenters. The zero-order chi connectivity index (χ0) is 23.4. The van der Waals surface area contributed by atoms with Crippen molar-refractivity contribution in [2.75, 3.05) is 0 Å². The van der Waals surface area contributed by atoms with Crippen LogP contribution in [0, 0.1) is 11.3 Å². The quantitative estimate of drug-likeness (QED) is 0.320. The summed E-state index contributed by atoms with van der Waals surface area (Å²) in [6.07, 6.45) is 1.94. The summed E-state index contributed by atoms with van der Waals surface area (Å²) >= 11 is 3.52. The lowest BCUT2D eigenvalue weighted by molar-refractivity contribution is 0.321. The zero-order valence-corrected chi connectivity index (χ0v) is 21.9. The van der Waals surface area contributed by atoms with Crippen molar-refractivity contribution >= 4 is 35.3 Å². The Hall–Kier alpha value is -2.91. The van der Waals surface area contributed by atoms with E-state index in [0.717, 1.165) is 15.7 Å². The Labute approximate surface area is 206 Å². The first-order valence-corrected chi connectivity index (χ1v) is 13.4. The van der Waals surface area contributed by atoms with E-state index in [-0.39, 0.29) is 5.41 Å². The van der Waals surface area contributed by atoms with Crippen LogP contribution in [0.1, 0.15) is 37.6 Å². The first-order valence-electron chi connectivity index (χ1n) is 11.0. The molecule has 0 saturated heterocycles. The fraction of sp³-hybridized carbons (Fsp3) is 0.179. The van der Waals surface area contributed by atoms with Gasteiger partial charge in [0, 0.05) is 16.2 Å². The van der Waals surface area contributed by atoms with E-state index in [1.807, 2.05) is 29.0 Å². The van der Waals surface area contributed by atoms with Crippen molar-refractivity contribution in [1.82, 2.24) is 4.57 Å². The Morgan fingerprint density at radius 3 is 2.06 bits per heavy atom. The van der Waals surface area contributed by atoms with Crippen LogP contribution >= 0.6 is 15.9 Å². The lowest BCUT2D eigenvalue weighted by Crippen LogP contribution is -2.44. The van der Waals surface area contributed by atoms with Crippen LogP contribution in [0.25, 0.3) is 5.69 Å². The van der Waals surface area contributed by atoms with E-state index in [1.165, 1.54) is 15.9 Å². The second-order valence-electron chi connectivity index (χ2n) is 9.13. The maximum atomic E-state index is 9.67. The molecule has 0 fully saturated rings. The number of nitrogens with zero attached hydrogens (tertiary/aromatic N) is 2. The summed E-state index contributed by atoms with van der Waals surface area (Å²) in [6, 6.07) is 31.6. The van der Waals surface area contributed by atoms with Crippen LogP contribution in [0.3, 0.4) is 0 Å². The molecule has 4 aromatic rings. The van der Waals surface area contributed by atoms with E-state index in [4.69, 9.17) is 4.43 Å². The Kier molecular flexibility index (Phi) is 6.99. The minimum atomic E-state index is -1.89. The number of hydrogen-bond donors (Lipinski definition) is 0. The first kappa shape index (κ1) is 23.3. The van der Waals surface area contributed by atoms with Gasteiger partial charge in [-0.2, -0.15) is 5.26 Å². The van der Waals surface area contributed by atoms with Crippen molar-refractivity contribution in [2.45, 2.75) is 32.8 Å². The highest BCUT2D eigenvalue weighted by atomic mass is 79.9. The highest BCUT2D eigenvalue weighted by Crippen LogP contribution is 2.29. The lowest BCUT2D eigenvalue weighted by Gasteiger charge is -2.23. The topological polar surface area (TPSA) is 38.0 Å². The fourth-order valence-electron chi connectivity index (χ4n) is 3.93. The second kappa shape index (κ2) is 9.92. The van der Waals surface area contributed by atoms with Crippen molar-refractivity contribution in [3.63, 3.8) is 0 Å². The van der Waals surface area contributed by atoms with E-state index in [9.17, 15) is 5.26 Å². The molecule has 1 heterocycles. The zero-order valence-electron chi connectivity index (χ0n) is 19.1. The van der Waals surface area contributed by atoms with Crippen molar-refractivity contribution in [1.29, 1.82) is 5.26 Å². The predicted molar refractivity (Wildman–Crippen MR) is 141 cm³/mol. The molecule has 0 aliphatic rings. The van der Waals surface area contributed by atoms with Crippen molar-refractivity contribution in [3.05, 3.63) is 112 Å². The molecule has 0 unspecified atom stereocenters. The first-order chi connectivity index (χ1) is 15.9. The van der Waals surface area contributed by atoms with Gasteiger partial charge < -0.3 is 8.99 Å². The van der Waals surface area contributed by atoms with Gasteiger partial charge in [-0.1, -0.05) is 93.6 Å². The Balaban J connectivity index is 1.76. The van der Waals surface area contributed by atoms with Crippen LogP contribution in [-0.4, -0.2) is 13.6 Å². The number of nitriles is 1. The minimum Gasteiger partial charge on any atom is -0.407 e. The largest absolute Gasteiger partial charge is 0.407 e.